The standard InChI is InChI=1S/C24H21N3O3/c1-30-18-10-8-16(9-11-18)23(28)15-26-24(29)20-13-22(17-5-4-12-25-14-17)27-21-7-3-2-6-19(20)21/h2-14,23,28H,15H2,1H3,(H,26,29). The first-order chi connectivity index (χ1) is 14.7. The topological polar surface area (TPSA) is 84.3 Å². The number of carbonyl (C=O) groups is 1. The second-order valence-electron chi connectivity index (χ2n) is 6.81. The lowest BCUT2D eigenvalue weighted by atomic mass is 10.0. The van der Waals surface area contributed by atoms with Gasteiger partial charge in [0.05, 0.1) is 30.0 Å². The Balaban J connectivity index is 1.59. The highest BCUT2D eigenvalue weighted by atomic mass is 16.5. The summed E-state index contributed by atoms with van der Waals surface area (Å²) in [5, 5.41) is 14.0. The predicted molar refractivity (Wildman–Crippen MR) is 115 cm³/mol. The second-order valence-corrected chi connectivity index (χ2v) is 6.81. The van der Waals surface area contributed by atoms with E-state index in [0.29, 0.717) is 22.6 Å². The van der Waals surface area contributed by atoms with Crippen LogP contribution < -0.4 is 10.1 Å². The van der Waals surface area contributed by atoms with Gasteiger partial charge in [-0.1, -0.05) is 30.3 Å². The van der Waals surface area contributed by atoms with E-state index < -0.39 is 6.10 Å². The van der Waals surface area contributed by atoms with Gasteiger partial charge in [-0.3, -0.25) is 9.78 Å². The zero-order valence-electron chi connectivity index (χ0n) is 16.4. The average molecular weight is 399 g/mol. The Bertz CT molecular complexity index is 1160. The van der Waals surface area contributed by atoms with Crippen molar-refractivity contribution in [1.82, 2.24) is 15.3 Å². The zero-order valence-corrected chi connectivity index (χ0v) is 16.4. The molecule has 0 aliphatic carbocycles. The predicted octanol–water partition coefficient (Wildman–Crippen LogP) is 3.77. The highest BCUT2D eigenvalue weighted by Gasteiger charge is 2.16. The molecule has 2 aromatic heterocycles. The van der Waals surface area contributed by atoms with Crippen LogP contribution in [0.4, 0.5) is 0 Å². The number of ether oxygens (including phenoxy) is 1. The van der Waals surface area contributed by atoms with Gasteiger partial charge in [0, 0.05) is 29.9 Å². The molecule has 0 radical (unpaired) electrons. The normalized spacial score (nSPS) is 11.8. The molecule has 6 heteroatoms. The summed E-state index contributed by atoms with van der Waals surface area (Å²) in [7, 11) is 1.59. The van der Waals surface area contributed by atoms with E-state index in [1.54, 1.807) is 49.8 Å². The van der Waals surface area contributed by atoms with Crippen molar-refractivity contribution in [3.63, 3.8) is 0 Å². The van der Waals surface area contributed by atoms with Gasteiger partial charge in [-0.25, -0.2) is 4.98 Å². The molecule has 0 aliphatic heterocycles. The van der Waals surface area contributed by atoms with Gasteiger partial charge < -0.3 is 15.2 Å². The summed E-state index contributed by atoms with van der Waals surface area (Å²) < 4.78 is 5.13. The lowest BCUT2D eigenvalue weighted by Gasteiger charge is -2.14. The molecule has 0 saturated heterocycles. The van der Waals surface area contributed by atoms with E-state index in [-0.39, 0.29) is 12.5 Å². The molecule has 1 amide bonds. The third-order valence-electron chi connectivity index (χ3n) is 4.87. The van der Waals surface area contributed by atoms with Crippen LogP contribution in [-0.2, 0) is 0 Å². The number of nitrogens with zero attached hydrogens (tertiary/aromatic N) is 2. The Morgan fingerprint density at radius 3 is 2.63 bits per heavy atom. The van der Waals surface area contributed by atoms with Crippen LogP contribution in [0.3, 0.4) is 0 Å². The van der Waals surface area contributed by atoms with Gasteiger partial charge in [0.2, 0.25) is 0 Å². The van der Waals surface area contributed by atoms with E-state index in [1.165, 1.54) is 0 Å². The third-order valence-corrected chi connectivity index (χ3v) is 4.87. The van der Waals surface area contributed by atoms with Crippen molar-refractivity contribution < 1.29 is 14.6 Å². The van der Waals surface area contributed by atoms with E-state index in [4.69, 9.17) is 4.74 Å². The van der Waals surface area contributed by atoms with Crippen LogP contribution in [0.25, 0.3) is 22.2 Å². The molecule has 30 heavy (non-hydrogen) atoms. The molecule has 0 aliphatic rings. The van der Waals surface area contributed by atoms with Gasteiger partial charge in [0.1, 0.15) is 5.75 Å². The van der Waals surface area contributed by atoms with Crippen LogP contribution in [0.2, 0.25) is 0 Å². The fraction of sp³-hybridized carbons (Fsp3) is 0.125. The number of carbonyl (C=O) groups excluding carboxylic acids is 1. The van der Waals surface area contributed by atoms with Crippen LogP contribution in [-0.4, -0.2) is 34.6 Å². The maximum Gasteiger partial charge on any atom is 0.252 e. The third kappa shape index (κ3) is 4.14. The number of benzene rings is 2. The van der Waals surface area contributed by atoms with Crippen molar-refractivity contribution in [1.29, 1.82) is 0 Å². The van der Waals surface area contributed by atoms with E-state index in [9.17, 15) is 9.90 Å². The van der Waals surface area contributed by atoms with Crippen molar-refractivity contribution in [2.45, 2.75) is 6.10 Å². The summed E-state index contributed by atoms with van der Waals surface area (Å²) >= 11 is 0. The number of methoxy groups -OCH3 is 1. The van der Waals surface area contributed by atoms with Crippen molar-refractivity contribution in [2.24, 2.45) is 0 Å². The molecule has 0 saturated carbocycles. The van der Waals surface area contributed by atoms with E-state index in [0.717, 1.165) is 16.5 Å². The van der Waals surface area contributed by atoms with Crippen molar-refractivity contribution in [2.75, 3.05) is 13.7 Å². The molecule has 0 spiro atoms. The smallest absolute Gasteiger partial charge is 0.252 e. The number of aromatic nitrogens is 2. The second kappa shape index (κ2) is 8.71. The van der Waals surface area contributed by atoms with Crippen LogP contribution in [0, 0.1) is 0 Å². The maximum absolute atomic E-state index is 13.0. The van der Waals surface area contributed by atoms with Gasteiger partial charge in [-0.2, -0.15) is 0 Å². The minimum Gasteiger partial charge on any atom is -0.497 e. The first kappa shape index (κ1) is 19.5. The summed E-state index contributed by atoms with van der Waals surface area (Å²) in [6.45, 7) is 0.0873. The number of aliphatic hydroxyl groups is 1. The first-order valence-corrected chi connectivity index (χ1v) is 9.56. The van der Waals surface area contributed by atoms with Gasteiger partial charge in [-0.15, -0.1) is 0 Å². The van der Waals surface area contributed by atoms with Crippen molar-refractivity contribution in [3.8, 4) is 17.0 Å². The Morgan fingerprint density at radius 1 is 1.10 bits per heavy atom. The molecular weight excluding hydrogens is 378 g/mol. The van der Waals surface area contributed by atoms with Gasteiger partial charge >= 0.3 is 0 Å². The molecule has 2 N–H and O–H groups in total. The lowest BCUT2D eigenvalue weighted by molar-refractivity contribution is 0.0918. The molecule has 0 fully saturated rings. The Hall–Kier alpha value is -3.77. The molecule has 2 heterocycles. The number of hydrogen-bond donors (Lipinski definition) is 2. The van der Waals surface area contributed by atoms with Crippen LogP contribution in [0.15, 0.2) is 79.1 Å². The van der Waals surface area contributed by atoms with Crippen LogP contribution in [0.1, 0.15) is 22.0 Å². The largest absolute Gasteiger partial charge is 0.497 e. The van der Waals surface area contributed by atoms with Gasteiger partial charge in [-0.05, 0) is 42.0 Å². The fourth-order valence-electron chi connectivity index (χ4n) is 3.25. The minimum atomic E-state index is -0.828. The highest BCUT2D eigenvalue weighted by Crippen LogP contribution is 2.24. The van der Waals surface area contributed by atoms with Crippen molar-refractivity contribution >= 4 is 16.8 Å². The molecule has 0 bridgehead atoms. The van der Waals surface area contributed by atoms with E-state index >= 15 is 0 Å². The van der Waals surface area contributed by atoms with Crippen molar-refractivity contribution in [3.05, 3.63) is 90.3 Å². The molecule has 1 atom stereocenters. The molecular formula is C24H21N3O3. The number of hydrogen-bond acceptors (Lipinski definition) is 5. The number of amides is 1. The molecule has 1 unspecified atom stereocenters. The number of rotatable bonds is 6. The number of pyridine rings is 2. The first-order valence-electron chi connectivity index (χ1n) is 9.56. The fourth-order valence-corrected chi connectivity index (χ4v) is 3.25. The quantitative estimate of drug-likeness (QED) is 0.516. The number of para-hydroxylation sites is 1. The molecule has 2 aromatic carbocycles. The molecule has 6 nitrogen and oxygen atoms in total. The summed E-state index contributed by atoms with van der Waals surface area (Å²) in [5.41, 5.74) is 3.42. The molecule has 4 rings (SSSR count). The summed E-state index contributed by atoms with van der Waals surface area (Å²) in [5.74, 6) is 0.437. The monoisotopic (exact) mass is 399 g/mol. The van der Waals surface area contributed by atoms with E-state index in [2.05, 4.69) is 15.3 Å². The zero-order chi connectivity index (χ0) is 20.9. The van der Waals surface area contributed by atoms with Crippen LogP contribution >= 0.6 is 0 Å². The van der Waals surface area contributed by atoms with Gasteiger partial charge in [0.15, 0.2) is 0 Å². The summed E-state index contributed by atoms with van der Waals surface area (Å²) in [6, 6.07) is 20.1. The summed E-state index contributed by atoms with van der Waals surface area (Å²) in [6.07, 6.45) is 2.58. The van der Waals surface area contributed by atoms with Gasteiger partial charge in [0.25, 0.3) is 5.91 Å². The number of aliphatic hydroxyl groups excluding tert-OH is 1. The maximum atomic E-state index is 13.0. The molecule has 150 valence electrons. The highest BCUT2D eigenvalue weighted by molar-refractivity contribution is 6.07. The van der Waals surface area contributed by atoms with E-state index in [1.807, 2.05) is 36.4 Å². The minimum absolute atomic E-state index is 0.0873. The Morgan fingerprint density at radius 2 is 1.90 bits per heavy atom. The summed E-state index contributed by atoms with van der Waals surface area (Å²) in [4.78, 5) is 21.8. The number of fused-ring (bicyclic) bond motifs is 1. The number of nitrogens with one attached hydrogen (secondary N) is 1. The Kier molecular flexibility index (Phi) is 5.68. The average Bonchev–Trinajstić information content (AvgIpc) is 2.82. The lowest BCUT2D eigenvalue weighted by Crippen LogP contribution is -2.28. The SMILES string of the molecule is COc1ccc(C(O)CNC(=O)c2cc(-c3cccnc3)nc3ccccc23)cc1. The Labute approximate surface area is 174 Å². The molecule has 4 aromatic rings. The van der Waals surface area contributed by atoms with Crippen LogP contribution in [0.5, 0.6) is 5.75 Å².